The van der Waals surface area contributed by atoms with E-state index in [4.69, 9.17) is 9.84 Å². The van der Waals surface area contributed by atoms with Crippen LogP contribution in [0.3, 0.4) is 0 Å². The molecule has 1 aromatic rings. The summed E-state index contributed by atoms with van der Waals surface area (Å²) >= 11 is 0. The highest BCUT2D eigenvalue weighted by atomic mass is 32.2. The molecule has 1 unspecified atom stereocenters. The average Bonchev–Trinajstić information content (AvgIpc) is 2.46. The van der Waals surface area contributed by atoms with Gasteiger partial charge in [0.2, 0.25) is 10.0 Å². The minimum absolute atomic E-state index is 0.0647. The first-order valence-corrected chi connectivity index (χ1v) is 7.99. The van der Waals surface area contributed by atoms with E-state index < -0.39 is 26.7 Å². The molecule has 21 heavy (non-hydrogen) atoms. The molecule has 1 atom stereocenters. The third-order valence-electron chi connectivity index (χ3n) is 3.28. The second-order valence-electron chi connectivity index (χ2n) is 4.89. The lowest BCUT2D eigenvalue weighted by atomic mass is 10.0. The fraction of sp³-hybridized carbons (Fsp3) is 0.462. The van der Waals surface area contributed by atoms with Crippen LogP contribution in [0.25, 0.3) is 0 Å². The van der Waals surface area contributed by atoms with Crippen LogP contribution in [0, 0.1) is 11.7 Å². The number of halogens is 1. The van der Waals surface area contributed by atoms with Crippen LogP contribution in [-0.2, 0) is 14.8 Å². The number of hydrogen-bond acceptors (Lipinski definition) is 4. The molecule has 0 radical (unpaired) electrons. The number of ether oxygens (including phenoxy) is 1. The summed E-state index contributed by atoms with van der Waals surface area (Å²) in [7, 11) is -4.01. The van der Waals surface area contributed by atoms with Gasteiger partial charge in [0, 0.05) is 13.2 Å². The molecule has 0 spiro atoms. The van der Waals surface area contributed by atoms with Crippen LogP contribution in [-0.4, -0.2) is 39.3 Å². The van der Waals surface area contributed by atoms with E-state index in [9.17, 15) is 17.6 Å². The molecule has 2 N–H and O–H groups in total. The first-order valence-electron chi connectivity index (χ1n) is 6.50. The van der Waals surface area contributed by atoms with Gasteiger partial charge in [0.1, 0.15) is 10.7 Å². The SMILES string of the molecule is O=C(O)c1ccc(S(=O)(=O)NCC2CCCOC2)c(F)c1. The fourth-order valence-corrected chi connectivity index (χ4v) is 3.30. The van der Waals surface area contributed by atoms with Crippen molar-refractivity contribution >= 4 is 16.0 Å². The number of carbonyl (C=O) groups is 1. The van der Waals surface area contributed by atoms with Crippen molar-refractivity contribution in [1.82, 2.24) is 4.72 Å². The molecule has 8 heteroatoms. The van der Waals surface area contributed by atoms with Crippen LogP contribution in [0.5, 0.6) is 0 Å². The topological polar surface area (TPSA) is 92.7 Å². The van der Waals surface area contributed by atoms with Crippen molar-refractivity contribution in [3.63, 3.8) is 0 Å². The molecule has 6 nitrogen and oxygen atoms in total. The summed E-state index contributed by atoms with van der Waals surface area (Å²) in [5, 5.41) is 8.73. The van der Waals surface area contributed by atoms with Crippen molar-refractivity contribution in [3.8, 4) is 0 Å². The smallest absolute Gasteiger partial charge is 0.335 e. The van der Waals surface area contributed by atoms with Gasteiger partial charge in [-0.15, -0.1) is 0 Å². The Morgan fingerprint density at radius 1 is 1.48 bits per heavy atom. The van der Waals surface area contributed by atoms with Crippen molar-refractivity contribution < 1.29 is 27.4 Å². The molecule has 1 heterocycles. The largest absolute Gasteiger partial charge is 0.478 e. The lowest BCUT2D eigenvalue weighted by Crippen LogP contribution is -2.33. The Balaban J connectivity index is 2.10. The third kappa shape index (κ3) is 3.99. The summed E-state index contributed by atoms with van der Waals surface area (Å²) in [6.45, 7) is 1.32. The molecule has 1 aliphatic rings. The number of hydrogen-bond donors (Lipinski definition) is 2. The molecule has 116 valence electrons. The second-order valence-corrected chi connectivity index (χ2v) is 6.62. The van der Waals surface area contributed by atoms with Gasteiger partial charge >= 0.3 is 5.97 Å². The minimum Gasteiger partial charge on any atom is -0.478 e. The summed E-state index contributed by atoms with van der Waals surface area (Å²) in [4.78, 5) is 10.1. The Morgan fingerprint density at radius 2 is 2.24 bits per heavy atom. The molecule has 1 aromatic carbocycles. The molecule has 1 fully saturated rings. The van der Waals surface area contributed by atoms with Crippen molar-refractivity contribution in [2.45, 2.75) is 17.7 Å². The molecule has 0 aromatic heterocycles. The summed E-state index contributed by atoms with van der Waals surface area (Å²) in [6, 6.07) is 2.71. The predicted molar refractivity (Wildman–Crippen MR) is 72.1 cm³/mol. The van der Waals surface area contributed by atoms with Crippen LogP contribution >= 0.6 is 0 Å². The average molecular weight is 317 g/mol. The quantitative estimate of drug-likeness (QED) is 0.852. The maximum atomic E-state index is 13.8. The molecule has 0 bridgehead atoms. The molecule has 0 amide bonds. The van der Waals surface area contributed by atoms with Gasteiger partial charge in [-0.1, -0.05) is 0 Å². The summed E-state index contributed by atoms with van der Waals surface area (Å²) in [6.07, 6.45) is 1.72. The zero-order chi connectivity index (χ0) is 15.5. The van der Waals surface area contributed by atoms with Gasteiger partial charge in [-0.3, -0.25) is 0 Å². The summed E-state index contributed by atoms with van der Waals surface area (Å²) in [5.74, 6) is -2.33. The molecule has 1 aliphatic heterocycles. The summed E-state index contributed by atoms with van der Waals surface area (Å²) < 4.78 is 45.4. The van der Waals surface area contributed by atoms with Crippen LogP contribution in [0.2, 0.25) is 0 Å². The normalized spacial score (nSPS) is 19.4. The second kappa shape index (κ2) is 6.50. The zero-order valence-electron chi connectivity index (χ0n) is 11.2. The Morgan fingerprint density at radius 3 is 2.81 bits per heavy atom. The van der Waals surface area contributed by atoms with Crippen molar-refractivity contribution in [2.75, 3.05) is 19.8 Å². The van der Waals surface area contributed by atoms with Gasteiger partial charge in [0.05, 0.1) is 12.2 Å². The van der Waals surface area contributed by atoms with Crippen LogP contribution < -0.4 is 4.72 Å². The zero-order valence-corrected chi connectivity index (χ0v) is 12.0. The number of sulfonamides is 1. The number of carboxylic acid groups (broad SMARTS) is 1. The van der Waals surface area contributed by atoms with E-state index in [1.807, 2.05) is 0 Å². The number of rotatable bonds is 5. The monoisotopic (exact) mass is 317 g/mol. The van der Waals surface area contributed by atoms with Crippen molar-refractivity contribution in [2.24, 2.45) is 5.92 Å². The highest BCUT2D eigenvalue weighted by Crippen LogP contribution is 2.18. The lowest BCUT2D eigenvalue weighted by Gasteiger charge is -2.22. The molecule has 1 saturated heterocycles. The number of nitrogens with one attached hydrogen (secondary N) is 1. The molecule has 0 aliphatic carbocycles. The highest BCUT2D eigenvalue weighted by molar-refractivity contribution is 7.89. The number of carboxylic acids is 1. The molecule has 2 rings (SSSR count). The van der Waals surface area contributed by atoms with Crippen LogP contribution in [0.1, 0.15) is 23.2 Å². The highest BCUT2D eigenvalue weighted by Gasteiger charge is 2.22. The predicted octanol–water partition coefficient (Wildman–Crippen LogP) is 1.23. The Labute approximate surface area is 122 Å². The molecule has 0 saturated carbocycles. The Hall–Kier alpha value is -1.51. The van der Waals surface area contributed by atoms with E-state index in [1.165, 1.54) is 0 Å². The number of benzene rings is 1. The van der Waals surface area contributed by atoms with E-state index in [1.54, 1.807) is 0 Å². The van der Waals surface area contributed by atoms with Crippen molar-refractivity contribution in [1.29, 1.82) is 0 Å². The maximum Gasteiger partial charge on any atom is 0.335 e. The Bertz CT molecular complexity index is 625. The van der Waals surface area contributed by atoms with Gasteiger partial charge in [-0.2, -0.15) is 0 Å². The summed E-state index contributed by atoms with van der Waals surface area (Å²) in [5.41, 5.74) is -0.299. The van der Waals surface area contributed by atoms with E-state index in [0.717, 1.165) is 25.0 Å². The van der Waals surface area contributed by atoms with Gasteiger partial charge in [0.15, 0.2) is 0 Å². The van der Waals surface area contributed by atoms with Crippen molar-refractivity contribution in [3.05, 3.63) is 29.6 Å². The van der Waals surface area contributed by atoms with Crippen LogP contribution in [0.4, 0.5) is 4.39 Å². The number of aromatic carboxylic acids is 1. The molecular weight excluding hydrogens is 301 g/mol. The minimum atomic E-state index is -4.01. The van der Waals surface area contributed by atoms with E-state index in [2.05, 4.69) is 4.72 Å². The lowest BCUT2D eigenvalue weighted by molar-refractivity contribution is 0.0568. The van der Waals surface area contributed by atoms with Gasteiger partial charge < -0.3 is 9.84 Å². The van der Waals surface area contributed by atoms with E-state index in [0.29, 0.717) is 19.3 Å². The first-order chi connectivity index (χ1) is 9.90. The van der Waals surface area contributed by atoms with Gasteiger partial charge in [0.25, 0.3) is 0 Å². The third-order valence-corrected chi connectivity index (χ3v) is 4.74. The van der Waals surface area contributed by atoms with E-state index >= 15 is 0 Å². The standard InChI is InChI=1S/C13H16FNO5S/c14-11-6-10(13(16)17)3-4-12(11)21(18,19)15-7-9-2-1-5-20-8-9/h3-4,6,9,15H,1-2,5,7-8H2,(H,16,17). The fourth-order valence-electron chi connectivity index (χ4n) is 2.13. The maximum absolute atomic E-state index is 13.8. The van der Waals surface area contributed by atoms with Crippen LogP contribution in [0.15, 0.2) is 23.1 Å². The van der Waals surface area contributed by atoms with Gasteiger partial charge in [-0.05, 0) is 37.0 Å². The first kappa shape index (κ1) is 15.9. The molecular formula is C13H16FNO5S. The Kier molecular flexibility index (Phi) is 4.92. The van der Waals surface area contributed by atoms with Gasteiger partial charge in [-0.25, -0.2) is 22.3 Å². The van der Waals surface area contributed by atoms with E-state index in [-0.39, 0.29) is 18.0 Å².